The third kappa shape index (κ3) is 4.00. The molecule has 0 bridgehead atoms. The van der Waals surface area contributed by atoms with Crippen LogP contribution in [0.4, 0.5) is 10.2 Å². The van der Waals surface area contributed by atoms with Gasteiger partial charge in [-0.05, 0) is 57.8 Å². The number of nitrogens with zero attached hydrogens (tertiary/aromatic N) is 3. The van der Waals surface area contributed by atoms with Crippen molar-refractivity contribution in [2.45, 2.75) is 26.9 Å². The van der Waals surface area contributed by atoms with Gasteiger partial charge in [-0.1, -0.05) is 17.3 Å². The molecular formula is C22H23FN4O2. The Morgan fingerprint density at radius 3 is 2.66 bits per heavy atom. The van der Waals surface area contributed by atoms with Crippen molar-refractivity contribution in [3.05, 3.63) is 65.0 Å². The fourth-order valence-electron chi connectivity index (χ4n) is 3.42. The molecule has 0 radical (unpaired) electrons. The number of benzene rings is 1. The molecular weight excluding hydrogens is 371 g/mol. The summed E-state index contributed by atoms with van der Waals surface area (Å²) < 4.78 is 24.9. The standard InChI is InChI=1S/C22H23FN4O2/c1-13-20(14(2)29-26-13)19-10-16-9-18(12-27(3)4)28-21(16)22(25-19)24-11-15-6-5-7-17(23)8-15/h5-10H,11-12H2,1-4H3,(H,24,25). The number of pyridine rings is 1. The molecule has 0 atom stereocenters. The number of nitrogens with one attached hydrogen (secondary N) is 1. The highest BCUT2D eigenvalue weighted by atomic mass is 19.1. The van der Waals surface area contributed by atoms with Gasteiger partial charge in [-0.25, -0.2) is 9.37 Å². The van der Waals surface area contributed by atoms with Crippen molar-refractivity contribution >= 4 is 16.8 Å². The van der Waals surface area contributed by atoms with Gasteiger partial charge in [0.1, 0.15) is 17.3 Å². The number of furan rings is 1. The monoisotopic (exact) mass is 394 g/mol. The normalized spacial score (nSPS) is 11.5. The molecule has 3 aromatic heterocycles. The van der Waals surface area contributed by atoms with Crippen LogP contribution in [0.15, 0.2) is 45.3 Å². The van der Waals surface area contributed by atoms with Gasteiger partial charge in [0.25, 0.3) is 0 Å². The zero-order valence-electron chi connectivity index (χ0n) is 16.9. The first-order valence-electron chi connectivity index (χ1n) is 9.40. The van der Waals surface area contributed by atoms with Crippen molar-refractivity contribution < 1.29 is 13.3 Å². The van der Waals surface area contributed by atoms with E-state index in [1.807, 2.05) is 51.0 Å². The fraction of sp³-hybridized carbons (Fsp3) is 0.273. The van der Waals surface area contributed by atoms with E-state index in [-0.39, 0.29) is 5.82 Å². The lowest BCUT2D eigenvalue weighted by Crippen LogP contribution is -2.09. The van der Waals surface area contributed by atoms with Gasteiger partial charge >= 0.3 is 0 Å². The molecule has 0 aliphatic carbocycles. The lowest BCUT2D eigenvalue weighted by atomic mass is 10.1. The fourth-order valence-corrected chi connectivity index (χ4v) is 3.42. The van der Waals surface area contributed by atoms with E-state index in [1.54, 1.807) is 6.07 Å². The Hall–Kier alpha value is -3.19. The van der Waals surface area contributed by atoms with Gasteiger partial charge in [0, 0.05) is 11.9 Å². The third-order valence-corrected chi connectivity index (χ3v) is 4.66. The third-order valence-electron chi connectivity index (χ3n) is 4.66. The van der Waals surface area contributed by atoms with E-state index in [9.17, 15) is 4.39 Å². The highest BCUT2D eigenvalue weighted by molar-refractivity contribution is 5.91. The molecule has 3 heterocycles. The summed E-state index contributed by atoms with van der Waals surface area (Å²) in [5.74, 6) is 1.89. The number of rotatable bonds is 6. The van der Waals surface area contributed by atoms with Gasteiger partial charge in [-0.2, -0.15) is 0 Å². The van der Waals surface area contributed by atoms with Crippen molar-refractivity contribution in [3.63, 3.8) is 0 Å². The van der Waals surface area contributed by atoms with Gasteiger partial charge in [-0.3, -0.25) is 0 Å². The number of hydrogen-bond donors (Lipinski definition) is 1. The van der Waals surface area contributed by atoms with Crippen molar-refractivity contribution in [2.24, 2.45) is 0 Å². The SMILES string of the molecule is Cc1noc(C)c1-c1cc2cc(CN(C)C)oc2c(NCc2cccc(F)c2)n1. The average molecular weight is 394 g/mol. The van der Waals surface area contributed by atoms with Gasteiger partial charge in [-0.15, -0.1) is 0 Å². The Kier molecular flexibility index (Phi) is 5.07. The quantitative estimate of drug-likeness (QED) is 0.501. The maximum Gasteiger partial charge on any atom is 0.176 e. The number of aromatic nitrogens is 2. The highest BCUT2D eigenvalue weighted by Crippen LogP contribution is 2.33. The smallest absolute Gasteiger partial charge is 0.176 e. The van der Waals surface area contributed by atoms with E-state index in [4.69, 9.17) is 13.9 Å². The molecule has 1 N–H and O–H groups in total. The molecule has 7 heteroatoms. The first kappa shape index (κ1) is 19.1. The molecule has 29 heavy (non-hydrogen) atoms. The Balaban J connectivity index is 1.77. The highest BCUT2D eigenvalue weighted by Gasteiger charge is 2.18. The molecule has 0 fully saturated rings. The van der Waals surface area contributed by atoms with E-state index in [0.717, 1.165) is 33.7 Å². The average Bonchev–Trinajstić information content (AvgIpc) is 3.21. The summed E-state index contributed by atoms with van der Waals surface area (Å²) >= 11 is 0. The zero-order valence-corrected chi connectivity index (χ0v) is 16.9. The van der Waals surface area contributed by atoms with E-state index >= 15 is 0 Å². The predicted octanol–water partition coefficient (Wildman–Crippen LogP) is 4.91. The molecule has 0 saturated heterocycles. The van der Waals surface area contributed by atoms with Crippen LogP contribution < -0.4 is 5.32 Å². The Morgan fingerprint density at radius 1 is 1.14 bits per heavy atom. The van der Waals surface area contributed by atoms with E-state index in [2.05, 4.69) is 10.5 Å². The predicted molar refractivity (Wildman–Crippen MR) is 110 cm³/mol. The summed E-state index contributed by atoms with van der Waals surface area (Å²) in [7, 11) is 3.98. The Bertz CT molecular complexity index is 1140. The van der Waals surface area contributed by atoms with Crippen LogP contribution in [0.5, 0.6) is 0 Å². The van der Waals surface area contributed by atoms with Crippen LogP contribution in [-0.4, -0.2) is 29.1 Å². The van der Waals surface area contributed by atoms with E-state index in [1.165, 1.54) is 12.1 Å². The molecule has 0 spiro atoms. The minimum atomic E-state index is -0.266. The largest absolute Gasteiger partial charge is 0.456 e. The zero-order chi connectivity index (χ0) is 20.5. The summed E-state index contributed by atoms with van der Waals surface area (Å²) in [6.07, 6.45) is 0. The first-order chi connectivity index (χ1) is 13.9. The van der Waals surface area contributed by atoms with Crippen LogP contribution in [0.1, 0.15) is 22.8 Å². The van der Waals surface area contributed by atoms with Crippen LogP contribution in [0.25, 0.3) is 22.2 Å². The van der Waals surface area contributed by atoms with Gasteiger partial charge in [0.05, 0.1) is 23.5 Å². The second-order valence-corrected chi connectivity index (χ2v) is 7.41. The number of anilines is 1. The minimum Gasteiger partial charge on any atom is -0.456 e. The molecule has 0 aliphatic heterocycles. The molecule has 4 rings (SSSR count). The van der Waals surface area contributed by atoms with E-state index < -0.39 is 0 Å². The topological polar surface area (TPSA) is 67.3 Å². The van der Waals surface area contributed by atoms with Crippen LogP contribution in [-0.2, 0) is 13.1 Å². The van der Waals surface area contributed by atoms with E-state index in [0.29, 0.717) is 30.3 Å². The molecule has 150 valence electrons. The molecule has 0 unspecified atom stereocenters. The number of fused-ring (bicyclic) bond motifs is 1. The summed E-state index contributed by atoms with van der Waals surface area (Å²) in [4.78, 5) is 6.82. The lowest BCUT2D eigenvalue weighted by Gasteiger charge is -2.09. The summed E-state index contributed by atoms with van der Waals surface area (Å²) in [5.41, 5.74) is 3.91. The molecule has 4 aromatic rings. The second kappa shape index (κ2) is 7.67. The molecule has 0 amide bonds. The lowest BCUT2D eigenvalue weighted by molar-refractivity contribution is 0.358. The Morgan fingerprint density at radius 2 is 1.97 bits per heavy atom. The molecule has 0 saturated carbocycles. The van der Waals surface area contributed by atoms with Crippen LogP contribution >= 0.6 is 0 Å². The maximum atomic E-state index is 13.5. The van der Waals surface area contributed by atoms with Crippen LogP contribution in [0.2, 0.25) is 0 Å². The van der Waals surface area contributed by atoms with Gasteiger partial charge in [0.2, 0.25) is 0 Å². The number of halogens is 1. The van der Waals surface area contributed by atoms with Gasteiger partial charge < -0.3 is 19.2 Å². The summed E-state index contributed by atoms with van der Waals surface area (Å²) in [5, 5.41) is 8.28. The molecule has 1 aromatic carbocycles. The molecule has 0 aliphatic rings. The van der Waals surface area contributed by atoms with Crippen molar-refractivity contribution in [1.29, 1.82) is 0 Å². The van der Waals surface area contributed by atoms with Crippen LogP contribution in [0, 0.1) is 19.7 Å². The summed E-state index contributed by atoms with van der Waals surface area (Å²) in [6.45, 7) is 4.87. The van der Waals surface area contributed by atoms with Crippen molar-refractivity contribution in [3.8, 4) is 11.3 Å². The minimum absolute atomic E-state index is 0.266. The van der Waals surface area contributed by atoms with Gasteiger partial charge in [0.15, 0.2) is 11.4 Å². The van der Waals surface area contributed by atoms with Crippen molar-refractivity contribution in [1.82, 2.24) is 15.0 Å². The first-order valence-corrected chi connectivity index (χ1v) is 9.40. The number of aryl methyl sites for hydroxylation is 2. The van der Waals surface area contributed by atoms with Crippen molar-refractivity contribution in [2.75, 3.05) is 19.4 Å². The summed E-state index contributed by atoms with van der Waals surface area (Å²) in [6, 6.07) is 10.5. The molecule has 6 nitrogen and oxygen atoms in total. The number of hydrogen-bond acceptors (Lipinski definition) is 6. The second-order valence-electron chi connectivity index (χ2n) is 7.41. The van der Waals surface area contributed by atoms with Crippen LogP contribution in [0.3, 0.4) is 0 Å². The Labute approximate surface area is 168 Å². The maximum absolute atomic E-state index is 13.5.